The van der Waals surface area contributed by atoms with Crippen molar-refractivity contribution >= 4 is 11.9 Å². The number of carboxylic acid groups (broad SMARTS) is 1. The molecule has 4 heteroatoms. The number of nitrogens with zero attached hydrogens (tertiary/aromatic N) is 1. The van der Waals surface area contributed by atoms with Gasteiger partial charge < -0.3 is 10.0 Å². The van der Waals surface area contributed by atoms with Crippen LogP contribution in [0.25, 0.3) is 0 Å². The van der Waals surface area contributed by atoms with E-state index in [1.165, 1.54) is 0 Å². The van der Waals surface area contributed by atoms with E-state index in [2.05, 4.69) is 27.7 Å². The van der Waals surface area contributed by atoms with Gasteiger partial charge in [-0.25, -0.2) is 0 Å². The summed E-state index contributed by atoms with van der Waals surface area (Å²) < 4.78 is 0. The van der Waals surface area contributed by atoms with Gasteiger partial charge in [-0.05, 0) is 39.5 Å². The van der Waals surface area contributed by atoms with Crippen LogP contribution in [-0.2, 0) is 9.59 Å². The number of hydrogen-bond donors (Lipinski definition) is 1. The van der Waals surface area contributed by atoms with E-state index in [4.69, 9.17) is 0 Å². The Kier molecular flexibility index (Phi) is 6.50. The van der Waals surface area contributed by atoms with Crippen LogP contribution >= 0.6 is 0 Å². The monoisotopic (exact) mass is 283 g/mol. The highest BCUT2D eigenvalue weighted by Crippen LogP contribution is 2.33. The van der Waals surface area contributed by atoms with E-state index in [1.54, 1.807) is 0 Å². The van der Waals surface area contributed by atoms with Crippen LogP contribution in [0.15, 0.2) is 0 Å². The summed E-state index contributed by atoms with van der Waals surface area (Å²) in [7, 11) is 0. The predicted molar refractivity (Wildman–Crippen MR) is 79.4 cm³/mol. The minimum Gasteiger partial charge on any atom is -0.481 e. The largest absolute Gasteiger partial charge is 0.481 e. The van der Waals surface area contributed by atoms with Crippen molar-refractivity contribution in [1.82, 2.24) is 4.90 Å². The van der Waals surface area contributed by atoms with Crippen molar-refractivity contribution in [3.63, 3.8) is 0 Å². The summed E-state index contributed by atoms with van der Waals surface area (Å²) in [5, 5.41) is 9.36. The molecule has 0 bridgehead atoms. The molecule has 0 aromatic heterocycles. The lowest BCUT2D eigenvalue weighted by atomic mass is 9.78. The molecule has 0 aromatic rings. The summed E-state index contributed by atoms with van der Waals surface area (Å²) in [4.78, 5) is 26.2. The molecule has 1 N–H and O–H groups in total. The van der Waals surface area contributed by atoms with Crippen LogP contribution in [0.2, 0.25) is 0 Å². The SMILES string of the molecule is CC[C@H](C)N(C(=O)[C@@H]1CCCC[C@@H]1C(=O)O)[C@@H](C)CC. The van der Waals surface area contributed by atoms with Crippen LogP contribution in [0, 0.1) is 11.8 Å². The maximum Gasteiger partial charge on any atom is 0.307 e. The maximum absolute atomic E-state index is 12.9. The normalized spacial score (nSPS) is 25.8. The quantitative estimate of drug-likeness (QED) is 0.813. The number of carbonyl (C=O) groups excluding carboxylic acids is 1. The zero-order chi connectivity index (χ0) is 15.3. The van der Waals surface area contributed by atoms with Gasteiger partial charge in [-0.1, -0.05) is 26.7 Å². The van der Waals surface area contributed by atoms with Gasteiger partial charge in [0.1, 0.15) is 0 Å². The van der Waals surface area contributed by atoms with Crippen LogP contribution in [-0.4, -0.2) is 34.0 Å². The second-order valence-corrected chi connectivity index (χ2v) is 6.10. The molecule has 0 heterocycles. The summed E-state index contributed by atoms with van der Waals surface area (Å²) >= 11 is 0. The van der Waals surface area contributed by atoms with Gasteiger partial charge in [0.15, 0.2) is 0 Å². The van der Waals surface area contributed by atoms with E-state index in [0.717, 1.165) is 32.1 Å². The Balaban J connectivity index is 2.94. The van der Waals surface area contributed by atoms with E-state index in [1.807, 2.05) is 4.90 Å². The van der Waals surface area contributed by atoms with Gasteiger partial charge >= 0.3 is 5.97 Å². The highest BCUT2D eigenvalue weighted by Gasteiger charge is 2.39. The number of amides is 1. The Morgan fingerprint density at radius 1 is 1.05 bits per heavy atom. The second kappa shape index (κ2) is 7.65. The predicted octanol–water partition coefficient (Wildman–Crippen LogP) is 3.30. The van der Waals surface area contributed by atoms with Gasteiger partial charge in [0, 0.05) is 12.1 Å². The molecule has 1 fully saturated rings. The molecule has 1 saturated carbocycles. The summed E-state index contributed by atoms with van der Waals surface area (Å²) in [5.41, 5.74) is 0. The minimum atomic E-state index is -0.809. The zero-order valence-electron chi connectivity index (χ0n) is 13.3. The number of hydrogen-bond acceptors (Lipinski definition) is 2. The van der Waals surface area contributed by atoms with Crippen molar-refractivity contribution in [1.29, 1.82) is 0 Å². The lowest BCUT2D eigenvalue weighted by Gasteiger charge is -2.39. The van der Waals surface area contributed by atoms with Gasteiger partial charge in [0.2, 0.25) is 5.91 Å². The molecule has 0 radical (unpaired) electrons. The molecule has 0 spiro atoms. The average Bonchev–Trinajstić information content (AvgIpc) is 2.46. The molecule has 0 aliphatic heterocycles. The number of carbonyl (C=O) groups is 2. The molecule has 0 unspecified atom stereocenters. The summed E-state index contributed by atoms with van der Waals surface area (Å²) in [6.45, 7) is 8.26. The van der Waals surface area contributed by atoms with Gasteiger partial charge in [0.05, 0.1) is 11.8 Å². The number of aliphatic carboxylic acids is 1. The molecule has 1 aliphatic carbocycles. The first kappa shape index (κ1) is 17.0. The van der Waals surface area contributed by atoms with Crippen LogP contribution in [0.5, 0.6) is 0 Å². The fraction of sp³-hybridized carbons (Fsp3) is 0.875. The molecule has 4 atom stereocenters. The molecular weight excluding hydrogens is 254 g/mol. The van der Waals surface area contributed by atoms with Crippen molar-refractivity contribution in [3.8, 4) is 0 Å². The lowest BCUT2D eigenvalue weighted by Crippen LogP contribution is -2.50. The molecule has 0 aromatic carbocycles. The van der Waals surface area contributed by atoms with E-state index in [0.29, 0.717) is 6.42 Å². The van der Waals surface area contributed by atoms with Crippen LogP contribution in [0.3, 0.4) is 0 Å². The van der Waals surface area contributed by atoms with E-state index in [-0.39, 0.29) is 23.9 Å². The van der Waals surface area contributed by atoms with Gasteiger partial charge in [0.25, 0.3) is 0 Å². The first-order chi connectivity index (χ1) is 9.43. The number of rotatable bonds is 6. The van der Waals surface area contributed by atoms with Crippen molar-refractivity contribution in [2.45, 2.75) is 78.3 Å². The summed E-state index contributed by atoms with van der Waals surface area (Å²) in [5.74, 6) is -1.58. The van der Waals surface area contributed by atoms with E-state index >= 15 is 0 Å². The third kappa shape index (κ3) is 3.74. The van der Waals surface area contributed by atoms with Crippen molar-refractivity contribution in [2.24, 2.45) is 11.8 Å². The molecule has 1 rings (SSSR count). The molecular formula is C16H29NO3. The van der Waals surface area contributed by atoms with Gasteiger partial charge in [-0.15, -0.1) is 0 Å². The minimum absolute atomic E-state index is 0.0563. The van der Waals surface area contributed by atoms with Gasteiger partial charge in [-0.3, -0.25) is 9.59 Å². The highest BCUT2D eigenvalue weighted by molar-refractivity contribution is 5.85. The first-order valence-electron chi connectivity index (χ1n) is 7.98. The molecule has 0 saturated heterocycles. The topological polar surface area (TPSA) is 57.6 Å². The Bertz CT molecular complexity index is 333. The Morgan fingerprint density at radius 3 is 1.90 bits per heavy atom. The Labute approximate surface area is 122 Å². The Hall–Kier alpha value is -1.06. The summed E-state index contributed by atoms with van der Waals surface area (Å²) in [6.07, 6.45) is 5.06. The molecule has 4 nitrogen and oxygen atoms in total. The standard InChI is InChI=1S/C16H29NO3/c1-5-11(3)17(12(4)6-2)15(18)13-9-7-8-10-14(13)16(19)20/h11-14H,5-10H2,1-4H3,(H,19,20)/t11-,12-,13+,14-/m0/s1. The third-order valence-corrected chi connectivity index (χ3v) is 4.79. The third-order valence-electron chi connectivity index (χ3n) is 4.79. The van der Waals surface area contributed by atoms with E-state index < -0.39 is 11.9 Å². The fourth-order valence-electron chi connectivity index (χ4n) is 3.18. The second-order valence-electron chi connectivity index (χ2n) is 6.10. The molecule has 116 valence electrons. The highest BCUT2D eigenvalue weighted by atomic mass is 16.4. The molecule has 1 aliphatic rings. The lowest BCUT2D eigenvalue weighted by molar-refractivity contribution is -0.154. The zero-order valence-corrected chi connectivity index (χ0v) is 13.3. The number of carboxylic acids is 1. The maximum atomic E-state index is 12.9. The van der Waals surface area contributed by atoms with E-state index in [9.17, 15) is 14.7 Å². The van der Waals surface area contributed by atoms with Crippen molar-refractivity contribution in [3.05, 3.63) is 0 Å². The average molecular weight is 283 g/mol. The molecule has 20 heavy (non-hydrogen) atoms. The van der Waals surface area contributed by atoms with Crippen molar-refractivity contribution in [2.75, 3.05) is 0 Å². The van der Waals surface area contributed by atoms with Crippen molar-refractivity contribution < 1.29 is 14.7 Å². The first-order valence-corrected chi connectivity index (χ1v) is 7.98. The van der Waals surface area contributed by atoms with Crippen LogP contribution < -0.4 is 0 Å². The Morgan fingerprint density at radius 2 is 1.50 bits per heavy atom. The van der Waals surface area contributed by atoms with Crippen LogP contribution in [0.4, 0.5) is 0 Å². The fourth-order valence-corrected chi connectivity index (χ4v) is 3.18. The molecule has 1 amide bonds. The summed E-state index contributed by atoms with van der Waals surface area (Å²) in [6, 6.07) is 0.350. The van der Waals surface area contributed by atoms with Crippen LogP contribution in [0.1, 0.15) is 66.2 Å². The van der Waals surface area contributed by atoms with Gasteiger partial charge in [-0.2, -0.15) is 0 Å². The smallest absolute Gasteiger partial charge is 0.307 e.